The summed E-state index contributed by atoms with van der Waals surface area (Å²) >= 11 is 0. The highest BCUT2D eigenvalue weighted by Crippen LogP contribution is 2.24. The first-order chi connectivity index (χ1) is 8.80. The van der Waals surface area contributed by atoms with E-state index in [-0.39, 0.29) is 0 Å². The van der Waals surface area contributed by atoms with E-state index in [0.717, 1.165) is 0 Å². The van der Waals surface area contributed by atoms with E-state index >= 15 is 0 Å². The maximum absolute atomic E-state index is 6.17. The number of hydrogen-bond donors (Lipinski definition) is 0. The molecule has 0 aromatic heterocycles. The molecule has 0 aliphatic carbocycles. The lowest BCUT2D eigenvalue weighted by molar-refractivity contribution is 0.137. The van der Waals surface area contributed by atoms with Crippen molar-refractivity contribution in [2.24, 2.45) is 0 Å². The van der Waals surface area contributed by atoms with Crippen molar-refractivity contribution in [3.05, 3.63) is 0 Å². The zero-order chi connectivity index (χ0) is 16.2. The molecule has 0 heterocycles. The summed E-state index contributed by atoms with van der Waals surface area (Å²) in [5.74, 6) is 0. The second kappa shape index (κ2) is 7.26. The lowest BCUT2D eigenvalue weighted by atomic mass is 11.8. The van der Waals surface area contributed by atoms with Crippen molar-refractivity contribution in [1.29, 1.82) is 0 Å². The average molecular weight is 359 g/mol. The molecular formula is C10H30O6Si4. The first-order valence-electron chi connectivity index (χ1n) is 6.56. The molecule has 1 unspecified atom stereocenters. The van der Waals surface area contributed by atoms with Crippen LogP contribution in [0.1, 0.15) is 0 Å². The van der Waals surface area contributed by atoms with Crippen molar-refractivity contribution < 1.29 is 25.6 Å². The highest BCUT2D eigenvalue weighted by molar-refractivity contribution is 6.86. The van der Waals surface area contributed by atoms with Gasteiger partial charge in [-0.25, -0.2) is 0 Å². The minimum Gasteiger partial charge on any atom is -0.417 e. The molecule has 0 amide bonds. The van der Waals surface area contributed by atoms with E-state index in [1.165, 1.54) is 0 Å². The standard InChI is InChI=1S/C10H30O6Si4/c1-11-19(9,12-2)15-18(7,8)16-20(10,13-3)14-17(4,5)6/h1-10H3. The number of rotatable bonds is 9. The molecule has 20 heavy (non-hydrogen) atoms. The summed E-state index contributed by atoms with van der Waals surface area (Å²) in [6, 6.07) is 0. The quantitative estimate of drug-likeness (QED) is 0.591. The molecule has 0 bridgehead atoms. The predicted octanol–water partition coefficient (Wildman–Crippen LogP) is 2.65. The predicted molar refractivity (Wildman–Crippen MR) is 88.3 cm³/mol. The third-order valence-electron chi connectivity index (χ3n) is 2.47. The largest absolute Gasteiger partial charge is 0.488 e. The molecule has 0 aromatic carbocycles. The lowest BCUT2D eigenvalue weighted by Crippen LogP contribution is -2.59. The highest BCUT2D eigenvalue weighted by atomic mass is 28.5. The van der Waals surface area contributed by atoms with Crippen LogP contribution in [0.4, 0.5) is 0 Å². The van der Waals surface area contributed by atoms with Gasteiger partial charge in [-0.1, -0.05) is 0 Å². The molecule has 0 aromatic rings. The number of hydrogen-bond acceptors (Lipinski definition) is 6. The van der Waals surface area contributed by atoms with Gasteiger partial charge in [0.1, 0.15) is 0 Å². The Morgan fingerprint density at radius 2 is 0.850 bits per heavy atom. The van der Waals surface area contributed by atoms with Crippen LogP contribution in [0.2, 0.25) is 45.8 Å². The van der Waals surface area contributed by atoms with Crippen molar-refractivity contribution in [2.75, 3.05) is 21.3 Å². The SMILES string of the molecule is CO[Si](C)(OC)O[Si](C)(C)O[Si](C)(OC)O[Si](C)(C)C. The average Bonchev–Trinajstić information content (AvgIpc) is 2.24. The van der Waals surface area contributed by atoms with Crippen LogP contribution < -0.4 is 0 Å². The Hall–Kier alpha value is 0.628. The molecule has 0 aliphatic heterocycles. The van der Waals surface area contributed by atoms with Crippen molar-refractivity contribution in [3.8, 4) is 0 Å². The molecule has 6 nitrogen and oxygen atoms in total. The molecule has 122 valence electrons. The minimum atomic E-state index is -2.71. The summed E-state index contributed by atoms with van der Waals surface area (Å²) in [5, 5.41) is 0. The zero-order valence-electron chi connectivity index (χ0n) is 14.4. The summed E-state index contributed by atoms with van der Waals surface area (Å²) in [4.78, 5) is 0. The van der Waals surface area contributed by atoms with Crippen LogP contribution in [-0.4, -0.2) is 55.8 Å². The smallest absolute Gasteiger partial charge is 0.417 e. The minimum absolute atomic E-state index is 1.59. The second-order valence-electron chi connectivity index (χ2n) is 6.16. The fourth-order valence-electron chi connectivity index (χ4n) is 1.74. The van der Waals surface area contributed by atoms with E-state index in [0.29, 0.717) is 0 Å². The van der Waals surface area contributed by atoms with Crippen LogP contribution in [0.5, 0.6) is 0 Å². The summed E-state index contributed by atoms with van der Waals surface area (Å²) in [7, 11) is -4.80. The van der Waals surface area contributed by atoms with Crippen molar-refractivity contribution >= 4 is 34.5 Å². The van der Waals surface area contributed by atoms with Crippen LogP contribution in [0.25, 0.3) is 0 Å². The third-order valence-corrected chi connectivity index (χ3v) is 15.5. The van der Waals surface area contributed by atoms with Gasteiger partial charge in [0.15, 0.2) is 8.32 Å². The van der Waals surface area contributed by atoms with E-state index in [1.54, 1.807) is 21.3 Å². The van der Waals surface area contributed by atoms with Crippen LogP contribution in [0.15, 0.2) is 0 Å². The van der Waals surface area contributed by atoms with E-state index < -0.39 is 34.5 Å². The van der Waals surface area contributed by atoms with E-state index in [1.807, 2.05) is 26.2 Å². The zero-order valence-corrected chi connectivity index (χ0v) is 18.4. The van der Waals surface area contributed by atoms with Gasteiger partial charge < -0.3 is 25.6 Å². The molecule has 0 fully saturated rings. The fourth-order valence-corrected chi connectivity index (χ4v) is 15.9. The molecule has 0 saturated carbocycles. The van der Waals surface area contributed by atoms with E-state index in [9.17, 15) is 0 Å². The van der Waals surface area contributed by atoms with Crippen LogP contribution >= 0.6 is 0 Å². The molecule has 0 saturated heterocycles. The Morgan fingerprint density at radius 3 is 1.15 bits per heavy atom. The van der Waals surface area contributed by atoms with Crippen LogP contribution in [-0.2, 0) is 25.6 Å². The van der Waals surface area contributed by atoms with Gasteiger partial charge in [0.05, 0.1) is 0 Å². The van der Waals surface area contributed by atoms with Gasteiger partial charge in [0.2, 0.25) is 0 Å². The first kappa shape index (κ1) is 20.6. The van der Waals surface area contributed by atoms with Crippen molar-refractivity contribution in [3.63, 3.8) is 0 Å². The highest BCUT2D eigenvalue weighted by Gasteiger charge is 2.49. The summed E-state index contributed by atoms with van der Waals surface area (Å²) in [6.45, 7) is 14.0. The van der Waals surface area contributed by atoms with E-state index in [2.05, 4.69) is 19.6 Å². The molecular weight excluding hydrogens is 328 g/mol. The third kappa shape index (κ3) is 7.58. The summed E-state index contributed by atoms with van der Waals surface area (Å²) < 4.78 is 34.6. The fraction of sp³-hybridized carbons (Fsp3) is 1.00. The molecule has 0 aliphatic rings. The topological polar surface area (TPSA) is 55.4 Å². The van der Waals surface area contributed by atoms with Gasteiger partial charge in [-0.15, -0.1) is 0 Å². The van der Waals surface area contributed by atoms with Gasteiger partial charge >= 0.3 is 26.2 Å². The first-order valence-corrected chi connectivity index (χ1v) is 17.2. The molecule has 0 N–H and O–H groups in total. The van der Waals surface area contributed by atoms with Crippen molar-refractivity contribution in [2.45, 2.75) is 45.8 Å². The van der Waals surface area contributed by atoms with Gasteiger partial charge in [0.25, 0.3) is 0 Å². The monoisotopic (exact) mass is 358 g/mol. The van der Waals surface area contributed by atoms with Gasteiger partial charge in [-0.05, 0) is 32.7 Å². The van der Waals surface area contributed by atoms with Gasteiger partial charge in [0, 0.05) is 34.4 Å². The molecule has 10 heteroatoms. The summed E-state index contributed by atoms with van der Waals surface area (Å²) in [6.07, 6.45) is 0. The molecule has 1 atom stereocenters. The maximum atomic E-state index is 6.17. The second-order valence-corrected chi connectivity index (χ2v) is 20.3. The van der Waals surface area contributed by atoms with E-state index in [4.69, 9.17) is 25.6 Å². The Balaban J connectivity index is 4.95. The Morgan fingerprint density at radius 1 is 0.500 bits per heavy atom. The Kier molecular flexibility index (Phi) is 7.49. The molecule has 0 spiro atoms. The maximum Gasteiger partial charge on any atom is 0.488 e. The van der Waals surface area contributed by atoms with Gasteiger partial charge in [-0.3, -0.25) is 0 Å². The lowest BCUT2D eigenvalue weighted by Gasteiger charge is -2.39. The van der Waals surface area contributed by atoms with Crippen LogP contribution in [0.3, 0.4) is 0 Å². The molecule has 0 rings (SSSR count). The molecule has 0 radical (unpaired) electrons. The normalized spacial score (nSPS) is 17.1. The summed E-state index contributed by atoms with van der Waals surface area (Å²) in [5.41, 5.74) is 0. The Bertz CT molecular complexity index is 305. The van der Waals surface area contributed by atoms with Crippen LogP contribution in [0, 0.1) is 0 Å². The van der Waals surface area contributed by atoms with Gasteiger partial charge in [-0.2, -0.15) is 0 Å². The Labute approximate surface area is 127 Å². The van der Waals surface area contributed by atoms with Crippen molar-refractivity contribution in [1.82, 2.24) is 0 Å².